The average Bonchev–Trinajstić information content (AvgIpc) is 2.96. The van der Waals surface area contributed by atoms with E-state index in [1.165, 1.54) is 11.4 Å². The van der Waals surface area contributed by atoms with Gasteiger partial charge in [0.15, 0.2) is 0 Å². The SMILES string of the molecule is CCn1nc(Cc2ccc(Cl)cc2Cl)c2c1NCC2. The van der Waals surface area contributed by atoms with Crippen molar-refractivity contribution in [2.75, 3.05) is 11.9 Å². The third-order valence-electron chi connectivity index (χ3n) is 3.47. The van der Waals surface area contributed by atoms with Crippen LogP contribution < -0.4 is 5.32 Å². The molecule has 0 bridgehead atoms. The molecule has 1 aromatic heterocycles. The van der Waals surface area contributed by atoms with Gasteiger partial charge < -0.3 is 5.32 Å². The smallest absolute Gasteiger partial charge is 0.127 e. The number of nitrogens with zero attached hydrogens (tertiary/aromatic N) is 2. The van der Waals surface area contributed by atoms with Gasteiger partial charge in [-0.15, -0.1) is 0 Å². The fourth-order valence-corrected chi connectivity index (χ4v) is 3.01. The molecule has 0 radical (unpaired) electrons. The van der Waals surface area contributed by atoms with Crippen molar-refractivity contribution in [2.24, 2.45) is 0 Å². The van der Waals surface area contributed by atoms with Crippen LogP contribution in [0.15, 0.2) is 18.2 Å². The highest BCUT2D eigenvalue weighted by molar-refractivity contribution is 6.35. The van der Waals surface area contributed by atoms with Crippen molar-refractivity contribution >= 4 is 29.0 Å². The molecule has 0 spiro atoms. The number of aromatic nitrogens is 2. The first-order valence-electron chi connectivity index (χ1n) is 6.45. The molecule has 0 saturated carbocycles. The van der Waals surface area contributed by atoms with E-state index in [2.05, 4.69) is 17.3 Å². The molecule has 5 heteroatoms. The zero-order valence-corrected chi connectivity index (χ0v) is 12.2. The second kappa shape index (κ2) is 5.06. The van der Waals surface area contributed by atoms with Crippen LogP contribution in [0.2, 0.25) is 10.0 Å². The minimum Gasteiger partial charge on any atom is -0.370 e. The molecular formula is C14H15Cl2N3. The molecule has 100 valence electrons. The van der Waals surface area contributed by atoms with E-state index in [-0.39, 0.29) is 0 Å². The van der Waals surface area contributed by atoms with Crippen molar-refractivity contribution in [3.8, 4) is 0 Å². The molecule has 3 nitrogen and oxygen atoms in total. The third-order valence-corrected chi connectivity index (χ3v) is 4.06. The molecule has 1 aliphatic rings. The van der Waals surface area contributed by atoms with Crippen LogP contribution in [-0.4, -0.2) is 16.3 Å². The summed E-state index contributed by atoms with van der Waals surface area (Å²) in [4.78, 5) is 0. The Morgan fingerprint density at radius 3 is 2.95 bits per heavy atom. The normalized spacial score (nSPS) is 13.4. The van der Waals surface area contributed by atoms with Gasteiger partial charge in [0.25, 0.3) is 0 Å². The summed E-state index contributed by atoms with van der Waals surface area (Å²) in [6.45, 7) is 3.98. The van der Waals surface area contributed by atoms with Crippen LogP contribution in [0.3, 0.4) is 0 Å². The number of nitrogens with one attached hydrogen (secondary N) is 1. The van der Waals surface area contributed by atoms with Crippen LogP contribution in [0.1, 0.15) is 23.7 Å². The van der Waals surface area contributed by atoms with Crippen LogP contribution in [0.4, 0.5) is 5.82 Å². The fourth-order valence-electron chi connectivity index (χ4n) is 2.53. The summed E-state index contributed by atoms with van der Waals surface area (Å²) in [6, 6.07) is 5.64. The Morgan fingerprint density at radius 2 is 2.21 bits per heavy atom. The van der Waals surface area contributed by atoms with Gasteiger partial charge in [0.2, 0.25) is 0 Å². The molecule has 0 fully saturated rings. The Hall–Kier alpha value is -1.19. The van der Waals surface area contributed by atoms with Gasteiger partial charge in [0.1, 0.15) is 5.82 Å². The molecule has 19 heavy (non-hydrogen) atoms. The molecule has 0 unspecified atom stereocenters. The first-order valence-corrected chi connectivity index (χ1v) is 7.21. The molecule has 0 amide bonds. The molecule has 0 saturated heterocycles. The van der Waals surface area contributed by atoms with Crippen LogP contribution >= 0.6 is 23.2 Å². The van der Waals surface area contributed by atoms with Gasteiger partial charge in [-0.05, 0) is 31.0 Å². The summed E-state index contributed by atoms with van der Waals surface area (Å²) < 4.78 is 2.03. The van der Waals surface area contributed by atoms with Crippen molar-refractivity contribution in [3.63, 3.8) is 0 Å². The van der Waals surface area contributed by atoms with E-state index in [0.29, 0.717) is 10.0 Å². The molecule has 1 aliphatic heterocycles. The number of fused-ring (bicyclic) bond motifs is 1. The number of hydrogen-bond acceptors (Lipinski definition) is 2. The summed E-state index contributed by atoms with van der Waals surface area (Å²) in [5.41, 5.74) is 3.51. The Balaban J connectivity index is 1.95. The van der Waals surface area contributed by atoms with Gasteiger partial charge in [0.05, 0.1) is 5.69 Å². The Morgan fingerprint density at radius 1 is 1.37 bits per heavy atom. The number of aryl methyl sites for hydroxylation is 1. The van der Waals surface area contributed by atoms with E-state index in [9.17, 15) is 0 Å². The maximum absolute atomic E-state index is 6.24. The second-order valence-corrected chi connectivity index (χ2v) is 5.52. The summed E-state index contributed by atoms with van der Waals surface area (Å²) in [5.74, 6) is 1.17. The van der Waals surface area contributed by atoms with Crippen LogP contribution in [0.25, 0.3) is 0 Å². The number of halogens is 2. The van der Waals surface area contributed by atoms with Gasteiger partial charge in [0, 0.05) is 35.1 Å². The molecular weight excluding hydrogens is 281 g/mol. The second-order valence-electron chi connectivity index (χ2n) is 4.68. The summed E-state index contributed by atoms with van der Waals surface area (Å²) in [5, 5.41) is 9.44. The van der Waals surface area contributed by atoms with E-state index >= 15 is 0 Å². The predicted octanol–water partition coefficient (Wildman–Crippen LogP) is 3.77. The lowest BCUT2D eigenvalue weighted by Crippen LogP contribution is -2.05. The minimum atomic E-state index is 0.666. The van der Waals surface area contributed by atoms with E-state index in [0.717, 1.165) is 37.2 Å². The molecule has 1 aromatic carbocycles. The lowest BCUT2D eigenvalue weighted by molar-refractivity contribution is 0.655. The number of anilines is 1. The predicted molar refractivity (Wildman–Crippen MR) is 79.4 cm³/mol. The Bertz CT molecular complexity index is 619. The quantitative estimate of drug-likeness (QED) is 0.934. The first kappa shape index (κ1) is 12.8. The van der Waals surface area contributed by atoms with Crippen molar-refractivity contribution in [2.45, 2.75) is 26.3 Å². The lowest BCUT2D eigenvalue weighted by Gasteiger charge is -2.04. The topological polar surface area (TPSA) is 29.9 Å². The van der Waals surface area contributed by atoms with E-state index in [1.807, 2.05) is 16.8 Å². The maximum Gasteiger partial charge on any atom is 0.127 e. The highest BCUT2D eigenvalue weighted by Crippen LogP contribution is 2.29. The van der Waals surface area contributed by atoms with Crippen molar-refractivity contribution in [1.29, 1.82) is 0 Å². The average molecular weight is 296 g/mol. The molecule has 3 rings (SSSR count). The van der Waals surface area contributed by atoms with E-state index in [1.54, 1.807) is 6.07 Å². The highest BCUT2D eigenvalue weighted by atomic mass is 35.5. The molecule has 0 aliphatic carbocycles. The van der Waals surface area contributed by atoms with Crippen LogP contribution in [-0.2, 0) is 19.4 Å². The van der Waals surface area contributed by atoms with Crippen LogP contribution in [0.5, 0.6) is 0 Å². The van der Waals surface area contributed by atoms with Gasteiger partial charge in [-0.1, -0.05) is 29.3 Å². The zero-order valence-electron chi connectivity index (χ0n) is 10.7. The van der Waals surface area contributed by atoms with E-state index < -0.39 is 0 Å². The summed E-state index contributed by atoms with van der Waals surface area (Å²) in [6.07, 6.45) is 1.79. The summed E-state index contributed by atoms with van der Waals surface area (Å²) in [7, 11) is 0. The Labute approximate surface area is 122 Å². The monoisotopic (exact) mass is 295 g/mol. The fraction of sp³-hybridized carbons (Fsp3) is 0.357. The van der Waals surface area contributed by atoms with Gasteiger partial charge in [-0.3, -0.25) is 0 Å². The maximum atomic E-state index is 6.24. The minimum absolute atomic E-state index is 0.666. The lowest BCUT2D eigenvalue weighted by atomic mass is 10.1. The number of rotatable bonds is 3. The number of benzene rings is 1. The largest absolute Gasteiger partial charge is 0.370 e. The molecule has 2 aromatic rings. The molecule has 0 atom stereocenters. The van der Waals surface area contributed by atoms with Gasteiger partial charge >= 0.3 is 0 Å². The van der Waals surface area contributed by atoms with Gasteiger partial charge in [-0.25, -0.2) is 4.68 Å². The number of hydrogen-bond donors (Lipinski definition) is 1. The molecule has 1 N–H and O–H groups in total. The zero-order chi connectivity index (χ0) is 13.4. The Kier molecular flexibility index (Phi) is 3.42. The standard InChI is InChI=1S/C14H15Cl2N3/c1-2-19-14-11(5-6-17-14)13(18-19)7-9-3-4-10(15)8-12(9)16/h3-4,8,17H,2,5-7H2,1H3. The van der Waals surface area contributed by atoms with Gasteiger partial charge in [-0.2, -0.15) is 5.10 Å². The van der Waals surface area contributed by atoms with Crippen molar-refractivity contribution in [3.05, 3.63) is 45.1 Å². The van der Waals surface area contributed by atoms with Crippen molar-refractivity contribution in [1.82, 2.24) is 9.78 Å². The third kappa shape index (κ3) is 2.33. The molecule has 2 heterocycles. The highest BCUT2D eigenvalue weighted by Gasteiger charge is 2.21. The van der Waals surface area contributed by atoms with E-state index in [4.69, 9.17) is 23.2 Å². The first-order chi connectivity index (χ1) is 9.19. The van der Waals surface area contributed by atoms with Crippen LogP contribution in [0, 0.1) is 0 Å². The summed E-state index contributed by atoms with van der Waals surface area (Å²) >= 11 is 12.2. The van der Waals surface area contributed by atoms with Crippen molar-refractivity contribution < 1.29 is 0 Å².